The summed E-state index contributed by atoms with van der Waals surface area (Å²) in [6.45, 7) is 3.68. The molecule has 0 saturated heterocycles. The minimum Gasteiger partial charge on any atom is -0.352 e. The van der Waals surface area contributed by atoms with E-state index < -0.39 is 11.2 Å². The first-order valence-corrected chi connectivity index (χ1v) is 10.6. The van der Waals surface area contributed by atoms with Crippen LogP contribution < -0.4 is 16.6 Å². The Morgan fingerprint density at radius 2 is 2.00 bits per heavy atom. The van der Waals surface area contributed by atoms with Gasteiger partial charge in [-0.2, -0.15) is 0 Å². The van der Waals surface area contributed by atoms with E-state index in [2.05, 4.69) is 10.3 Å². The van der Waals surface area contributed by atoms with Gasteiger partial charge < -0.3 is 5.32 Å². The Morgan fingerprint density at radius 3 is 2.63 bits per heavy atom. The van der Waals surface area contributed by atoms with Gasteiger partial charge >= 0.3 is 5.69 Å². The Labute approximate surface area is 164 Å². The average molecular weight is 405 g/mol. The minimum atomic E-state index is -0.573. The summed E-state index contributed by atoms with van der Waals surface area (Å²) in [5.74, 6) is -0.287. The predicted molar refractivity (Wildman–Crippen MR) is 109 cm³/mol. The molecule has 142 valence electrons. The number of benzene rings is 1. The van der Waals surface area contributed by atoms with Crippen LogP contribution in [-0.2, 0) is 11.3 Å². The Hall–Kier alpha value is -2.39. The normalized spacial score (nSPS) is 12.3. The SMILES string of the molecule is CC[C@H](C)NC(=O)Cn1c(=O)n(-c2ccccc2)c(=O)c2sc(SC)nc21. The van der Waals surface area contributed by atoms with Gasteiger partial charge in [0.25, 0.3) is 5.56 Å². The van der Waals surface area contributed by atoms with E-state index in [0.29, 0.717) is 14.7 Å². The standard InChI is InChI=1S/C18H20N4O3S2/c1-4-11(2)19-13(23)10-21-15-14(27-17(20-15)26-3)16(24)22(18(21)25)12-8-6-5-7-9-12/h5-9,11H,4,10H2,1-3H3,(H,19,23)/t11-/m0/s1. The summed E-state index contributed by atoms with van der Waals surface area (Å²) < 4.78 is 3.40. The number of hydrogen-bond acceptors (Lipinski definition) is 6. The number of para-hydroxylation sites is 1. The summed E-state index contributed by atoms with van der Waals surface area (Å²) >= 11 is 2.62. The molecule has 0 unspecified atom stereocenters. The molecule has 2 aromatic heterocycles. The number of carbonyl (C=O) groups excluding carboxylic acids is 1. The molecule has 7 nitrogen and oxygen atoms in total. The second-order valence-corrected chi connectivity index (χ2v) is 8.11. The number of nitrogens with one attached hydrogen (secondary N) is 1. The van der Waals surface area contributed by atoms with Crippen molar-refractivity contribution in [3.8, 4) is 5.69 Å². The lowest BCUT2D eigenvalue weighted by Crippen LogP contribution is -2.43. The fourth-order valence-corrected chi connectivity index (χ4v) is 4.11. The Kier molecular flexibility index (Phi) is 5.81. The fourth-order valence-electron chi connectivity index (χ4n) is 2.62. The van der Waals surface area contributed by atoms with Gasteiger partial charge in [0.15, 0.2) is 9.99 Å². The van der Waals surface area contributed by atoms with Gasteiger partial charge in [0.2, 0.25) is 5.91 Å². The summed E-state index contributed by atoms with van der Waals surface area (Å²) in [6, 6.07) is 8.70. The van der Waals surface area contributed by atoms with Gasteiger partial charge in [0, 0.05) is 6.04 Å². The Bertz CT molecular complexity index is 1090. The van der Waals surface area contributed by atoms with Gasteiger partial charge in [-0.1, -0.05) is 36.9 Å². The van der Waals surface area contributed by atoms with Gasteiger partial charge in [0.1, 0.15) is 11.2 Å². The van der Waals surface area contributed by atoms with Crippen LogP contribution in [0, 0.1) is 0 Å². The predicted octanol–water partition coefficient (Wildman–Crippen LogP) is 2.25. The Morgan fingerprint density at radius 1 is 1.30 bits per heavy atom. The van der Waals surface area contributed by atoms with E-state index in [-0.39, 0.29) is 24.1 Å². The minimum absolute atomic E-state index is 0.000846. The van der Waals surface area contributed by atoms with E-state index in [1.54, 1.807) is 24.3 Å². The molecule has 0 fully saturated rings. The lowest BCUT2D eigenvalue weighted by Gasteiger charge is -2.14. The fraction of sp³-hybridized carbons (Fsp3) is 0.333. The molecule has 0 saturated carbocycles. The molecule has 1 aromatic carbocycles. The monoisotopic (exact) mass is 404 g/mol. The summed E-state index contributed by atoms with van der Waals surface area (Å²) in [5.41, 5.74) is -0.274. The van der Waals surface area contributed by atoms with Crippen molar-refractivity contribution in [3.63, 3.8) is 0 Å². The summed E-state index contributed by atoms with van der Waals surface area (Å²) in [4.78, 5) is 42.8. The number of thioether (sulfide) groups is 1. The van der Waals surface area contributed by atoms with Crippen LogP contribution in [0.25, 0.3) is 16.0 Å². The van der Waals surface area contributed by atoms with Crippen LogP contribution in [0.3, 0.4) is 0 Å². The quantitative estimate of drug-likeness (QED) is 0.637. The van der Waals surface area contributed by atoms with Crippen molar-refractivity contribution in [1.29, 1.82) is 0 Å². The maximum absolute atomic E-state index is 13.1. The van der Waals surface area contributed by atoms with E-state index in [1.165, 1.54) is 27.7 Å². The van der Waals surface area contributed by atoms with E-state index in [4.69, 9.17) is 0 Å². The maximum Gasteiger partial charge on any atom is 0.337 e. The van der Waals surface area contributed by atoms with Gasteiger partial charge in [-0.15, -0.1) is 11.3 Å². The highest BCUT2D eigenvalue weighted by atomic mass is 32.2. The third kappa shape index (κ3) is 3.84. The number of hydrogen-bond donors (Lipinski definition) is 1. The van der Waals surface area contributed by atoms with Gasteiger partial charge in [0.05, 0.1) is 5.69 Å². The number of amides is 1. The van der Waals surface area contributed by atoms with Crippen molar-refractivity contribution in [1.82, 2.24) is 19.4 Å². The van der Waals surface area contributed by atoms with Crippen LogP contribution in [0.15, 0.2) is 44.3 Å². The molecular formula is C18H20N4O3S2. The van der Waals surface area contributed by atoms with Crippen LogP contribution >= 0.6 is 23.1 Å². The second-order valence-electron chi connectivity index (χ2n) is 6.06. The lowest BCUT2D eigenvalue weighted by atomic mass is 10.2. The smallest absolute Gasteiger partial charge is 0.337 e. The molecule has 27 heavy (non-hydrogen) atoms. The molecule has 0 spiro atoms. The Balaban J connectivity index is 2.22. The number of nitrogens with zero attached hydrogens (tertiary/aromatic N) is 3. The van der Waals surface area contributed by atoms with Gasteiger partial charge in [-0.25, -0.2) is 14.3 Å². The van der Waals surface area contributed by atoms with Crippen LogP contribution in [0.5, 0.6) is 0 Å². The molecule has 0 aliphatic carbocycles. The molecule has 1 amide bonds. The summed E-state index contributed by atoms with van der Waals surface area (Å²) in [5, 5.41) is 2.85. The first kappa shape index (κ1) is 19.4. The number of fused-ring (bicyclic) bond motifs is 1. The van der Waals surface area contributed by atoms with Crippen LogP contribution in [0.4, 0.5) is 0 Å². The molecule has 0 aliphatic rings. The van der Waals surface area contributed by atoms with Gasteiger partial charge in [-0.3, -0.25) is 14.2 Å². The second kappa shape index (κ2) is 8.10. The molecule has 3 rings (SSSR count). The van der Waals surface area contributed by atoms with Gasteiger partial charge in [-0.05, 0) is 31.7 Å². The first-order chi connectivity index (χ1) is 13.0. The van der Waals surface area contributed by atoms with Crippen molar-refractivity contribution < 1.29 is 4.79 Å². The highest BCUT2D eigenvalue weighted by Gasteiger charge is 2.20. The number of rotatable bonds is 6. The largest absolute Gasteiger partial charge is 0.352 e. The number of carbonyl (C=O) groups is 1. The van der Waals surface area contributed by atoms with Crippen LogP contribution in [0.1, 0.15) is 20.3 Å². The molecule has 0 bridgehead atoms. The lowest BCUT2D eigenvalue weighted by molar-refractivity contribution is -0.122. The number of aromatic nitrogens is 3. The van der Waals surface area contributed by atoms with Crippen LogP contribution in [0.2, 0.25) is 0 Å². The molecule has 3 aromatic rings. The zero-order valence-corrected chi connectivity index (χ0v) is 16.9. The van der Waals surface area contributed by atoms with E-state index in [0.717, 1.165) is 11.0 Å². The third-order valence-corrected chi connectivity index (χ3v) is 6.19. The van der Waals surface area contributed by atoms with Crippen molar-refractivity contribution in [2.24, 2.45) is 0 Å². The summed E-state index contributed by atoms with van der Waals surface area (Å²) in [6.07, 6.45) is 2.64. The number of thiazole rings is 1. The van der Waals surface area contributed by atoms with E-state index in [9.17, 15) is 14.4 Å². The molecule has 1 N–H and O–H groups in total. The average Bonchev–Trinajstić information content (AvgIpc) is 3.11. The van der Waals surface area contributed by atoms with Crippen molar-refractivity contribution in [2.75, 3.05) is 6.26 Å². The van der Waals surface area contributed by atoms with Crippen molar-refractivity contribution in [3.05, 3.63) is 51.2 Å². The van der Waals surface area contributed by atoms with E-state index >= 15 is 0 Å². The topological polar surface area (TPSA) is 86.0 Å². The highest BCUT2D eigenvalue weighted by molar-refractivity contribution is 8.00. The molecule has 1 atom stereocenters. The molecule has 0 aliphatic heterocycles. The summed E-state index contributed by atoms with van der Waals surface area (Å²) in [7, 11) is 0. The third-order valence-electron chi connectivity index (χ3n) is 4.18. The van der Waals surface area contributed by atoms with Crippen molar-refractivity contribution >= 4 is 39.4 Å². The first-order valence-electron chi connectivity index (χ1n) is 8.51. The molecular weight excluding hydrogens is 384 g/mol. The highest BCUT2D eigenvalue weighted by Crippen LogP contribution is 2.25. The van der Waals surface area contributed by atoms with Crippen LogP contribution in [-0.4, -0.2) is 32.3 Å². The molecule has 0 radical (unpaired) electrons. The van der Waals surface area contributed by atoms with E-state index in [1.807, 2.05) is 26.2 Å². The zero-order valence-electron chi connectivity index (χ0n) is 15.3. The molecule has 2 heterocycles. The maximum atomic E-state index is 13.1. The zero-order chi connectivity index (χ0) is 19.6. The van der Waals surface area contributed by atoms with Crippen molar-refractivity contribution in [2.45, 2.75) is 37.2 Å². The molecule has 9 heteroatoms.